The average molecular weight is 414 g/mol. The van der Waals surface area contributed by atoms with Gasteiger partial charge >= 0.3 is 0 Å². The SMILES string of the molecule is COCCOc1ccc(S(=O)(=O)N2CCNCC2c2cccnc2)cc1.Cl. The summed E-state index contributed by atoms with van der Waals surface area (Å²) in [5.74, 6) is 0.616. The smallest absolute Gasteiger partial charge is 0.243 e. The van der Waals surface area contributed by atoms with E-state index in [2.05, 4.69) is 10.3 Å². The first-order valence-corrected chi connectivity index (χ1v) is 9.91. The Hall–Kier alpha value is -1.71. The second kappa shape index (κ2) is 10.0. The molecule has 0 aliphatic carbocycles. The Kier molecular flexibility index (Phi) is 8.00. The fourth-order valence-electron chi connectivity index (χ4n) is 2.92. The molecule has 1 aromatic carbocycles. The van der Waals surface area contributed by atoms with Crippen LogP contribution in [0.1, 0.15) is 11.6 Å². The van der Waals surface area contributed by atoms with Gasteiger partial charge in [-0.05, 0) is 35.9 Å². The predicted molar refractivity (Wildman–Crippen MR) is 105 cm³/mol. The van der Waals surface area contributed by atoms with E-state index in [4.69, 9.17) is 9.47 Å². The van der Waals surface area contributed by atoms with Crippen molar-refractivity contribution in [2.45, 2.75) is 10.9 Å². The molecule has 9 heteroatoms. The zero-order chi connectivity index (χ0) is 18.4. The van der Waals surface area contributed by atoms with Crippen LogP contribution in [-0.2, 0) is 14.8 Å². The van der Waals surface area contributed by atoms with Crippen LogP contribution in [0.2, 0.25) is 0 Å². The summed E-state index contributed by atoms with van der Waals surface area (Å²) in [4.78, 5) is 4.38. The number of aromatic nitrogens is 1. The van der Waals surface area contributed by atoms with Crippen LogP contribution in [0.4, 0.5) is 0 Å². The summed E-state index contributed by atoms with van der Waals surface area (Å²) in [6.07, 6.45) is 3.40. The van der Waals surface area contributed by atoms with Gasteiger partial charge in [-0.25, -0.2) is 8.42 Å². The fraction of sp³-hybridized carbons (Fsp3) is 0.389. The maximum absolute atomic E-state index is 13.2. The molecule has 7 nitrogen and oxygen atoms in total. The normalized spacial score (nSPS) is 17.9. The van der Waals surface area contributed by atoms with Crippen molar-refractivity contribution in [3.63, 3.8) is 0 Å². The van der Waals surface area contributed by atoms with E-state index < -0.39 is 10.0 Å². The molecule has 1 fully saturated rings. The van der Waals surface area contributed by atoms with Crippen molar-refractivity contribution >= 4 is 22.4 Å². The van der Waals surface area contributed by atoms with Crippen LogP contribution in [0.3, 0.4) is 0 Å². The van der Waals surface area contributed by atoms with Crippen molar-refractivity contribution in [1.82, 2.24) is 14.6 Å². The Labute approximate surface area is 166 Å². The molecule has 1 N–H and O–H groups in total. The highest BCUT2D eigenvalue weighted by Gasteiger charge is 2.34. The topological polar surface area (TPSA) is 80.8 Å². The van der Waals surface area contributed by atoms with E-state index in [1.54, 1.807) is 48.1 Å². The van der Waals surface area contributed by atoms with Crippen LogP contribution in [-0.4, -0.2) is 57.7 Å². The molecule has 1 unspecified atom stereocenters. The second-order valence-electron chi connectivity index (χ2n) is 5.93. The van der Waals surface area contributed by atoms with Crippen LogP contribution in [0.25, 0.3) is 0 Å². The number of hydrogen-bond acceptors (Lipinski definition) is 6. The summed E-state index contributed by atoms with van der Waals surface area (Å²) in [6, 6.07) is 9.95. The van der Waals surface area contributed by atoms with Crippen molar-refractivity contribution in [1.29, 1.82) is 0 Å². The number of rotatable bonds is 7. The van der Waals surface area contributed by atoms with E-state index in [1.807, 2.05) is 12.1 Å². The van der Waals surface area contributed by atoms with E-state index in [0.29, 0.717) is 38.6 Å². The molecule has 0 amide bonds. The minimum Gasteiger partial charge on any atom is -0.491 e. The fourth-order valence-corrected chi connectivity index (χ4v) is 4.53. The third kappa shape index (κ3) is 5.18. The lowest BCUT2D eigenvalue weighted by Gasteiger charge is -2.35. The standard InChI is InChI=1S/C18H23N3O4S.ClH/c1-24-11-12-25-16-4-6-17(7-5-16)26(22,23)21-10-9-20-14-18(21)15-3-2-8-19-13-15;/h2-8,13,18,20H,9-12,14H2,1H3;1H. The number of hydrogen-bond donors (Lipinski definition) is 1. The summed E-state index contributed by atoms with van der Waals surface area (Å²) in [6.45, 7) is 2.49. The molecule has 2 heterocycles. The number of halogens is 1. The minimum atomic E-state index is -3.62. The summed E-state index contributed by atoms with van der Waals surface area (Å²) in [7, 11) is -2.01. The Morgan fingerprint density at radius 1 is 1.22 bits per heavy atom. The Bertz CT molecular complexity index is 803. The van der Waals surface area contributed by atoms with Gasteiger partial charge < -0.3 is 14.8 Å². The average Bonchev–Trinajstić information content (AvgIpc) is 2.69. The maximum atomic E-state index is 13.2. The number of benzene rings is 1. The largest absolute Gasteiger partial charge is 0.491 e. The third-order valence-electron chi connectivity index (χ3n) is 4.25. The molecule has 148 valence electrons. The van der Waals surface area contributed by atoms with Gasteiger partial charge in [-0.2, -0.15) is 4.31 Å². The van der Waals surface area contributed by atoms with Gasteiger partial charge in [0.1, 0.15) is 12.4 Å². The van der Waals surface area contributed by atoms with Crippen LogP contribution < -0.4 is 10.1 Å². The molecule has 1 aliphatic heterocycles. The molecule has 1 atom stereocenters. The van der Waals surface area contributed by atoms with Crippen LogP contribution in [0.15, 0.2) is 53.7 Å². The van der Waals surface area contributed by atoms with E-state index in [-0.39, 0.29) is 23.3 Å². The molecule has 1 aliphatic rings. The molecule has 3 rings (SSSR count). The van der Waals surface area contributed by atoms with E-state index in [1.165, 1.54) is 0 Å². The molecule has 1 saturated heterocycles. The van der Waals surface area contributed by atoms with Gasteiger partial charge in [0.2, 0.25) is 10.0 Å². The predicted octanol–water partition coefficient (Wildman–Crippen LogP) is 1.86. The van der Waals surface area contributed by atoms with Gasteiger partial charge in [0.25, 0.3) is 0 Å². The second-order valence-corrected chi connectivity index (χ2v) is 7.83. The lowest BCUT2D eigenvalue weighted by Crippen LogP contribution is -2.48. The first kappa shape index (κ1) is 21.6. The number of ether oxygens (including phenoxy) is 2. The van der Waals surface area contributed by atoms with Gasteiger partial charge in [0.15, 0.2) is 0 Å². The molecule has 1 aromatic heterocycles. The molecule has 0 radical (unpaired) electrons. The number of nitrogens with one attached hydrogen (secondary N) is 1. The van der Waals surface area contributed by atoms with Crippen molar-refractivity contribution in [3.05, 3.63) is 54.4 Å². The zero-order valence-corrected chi connectivity index (χ0v) is 16.7. The van der Waals surface area contributed by atoms with Gasteiger partial charge in [-0.3, -0.25) is 4.98 Å². The highest BCUT2D eigenvalue weighted by Crippen LogP contribution is 2.29. The Morgan fingerprint density at radius 3 is 2.67 bits per heavy atom. The minimum absolute atomic E-state index is 0. The molecule has 0 saturated carbocycles. The van der Waals surface area contributed by atoms with Crippen molar-refractivity contribution in [3.8, 4) is 5.75 Å². The lowest BCUT2D eigenvalue weighted by atomic mass is 10.1. The molecule has 0 spiro atoms. The molecular formula is C18H24ClN3O4S. The van der Waals surface area contributed by atoms with E-state index >= 15 is 0 Å². The number of piperazine rings is 1. The van der Waals surface area contributed by atoms with Gasteiger partial charge in [-0.15, -0.1) is 12.4 Å². The highest BCUT2D eigenvalue weighted by atomic mass is 35.5. The van der Waals surface area contributed by atoms with Gasteiger partial charge in [0.05, 0.1) is 17.5 Å². The summed E-state index contributed by atoms with van der Waals surface area (Å²) < 4.78 is 38.3. The first-order chi connectivity index (χ1) is 12.6. The summed E-state index contributed by atoms with van der Waals surface area (Å²) in [5, 5.41) is 3.26. The number of nitrogens with zero attached hydrogens (tertiary/aromatic N) is 2. The Morgan fingerprint density at radius 2 is 2.00 bits per heavy atom. The number of sulfonamides is 1. The molecular weight excluding hydrogens is 390 g/mol. The third-order valence-corrected chi connectivity index (χ3v) is 6.17. The van der Waals surface area contributed by atoms with Crippen molar-refractivity contribution in [2.24, 2.45) is 0 Å². The van der Waals surface area contributed by atoms with E-state index in [9.17, 15) is 8.42 Å². The number of pyridine rings is 1. The highest BCUT2D eigenvalue weighted by molar-refractivity contribution is 7.89. The van der Waals surface area contributed by atoms with Crippen LogP contribution >= 0.6 is 12.4 Å². The van der Waals surface area contributed by atoms with Crippen LogP contribution in [0.5, 0.6) is 5.75 Å². The zero-order valence-electron chi connectivity index (χ0n) is 15.1. The van der Waals surface area contributed by atoms with Crippen molar-refractivity contribution in [2.75, 3.05) is 40.0 Å². The molecule has 0 bridgehead atoms. The summed E-state index contributed by atoms with van der Waals surface area (Å²) in [5.41, 5.74) is 0.878. The summed E-state index contributed by atoms with van der Waals surface area (Å²) >= 11 is 0. The quantitative estimate of drug-likeness (QED) is 0.698. The molecule has 2 aromatic rings. The van der Waals surface area contributed by atoms with Crippen LogP contribution in [0, 0.1) is 0 Å². The van der Waals surface area contributed by atoms with E-state index in [0.717, 1.165) is 5.56 Å². The molecule has 27 heavy (non-hydrogen) atoms. The number of methoxy groups -OCH3 is 1. The Balaban J connectivity index is 0.00000261. The van der Waals surface area contributed by atoms with Crippen molar-refractivity contribution < 1.29 is 17.9 Å². The maximum Gasteiger partial charge on any atom is 0.243 e. The van der Waals surface area contributed by atoms with Gasteiger partial charge in [-0.1, -0.05) is 6.07 Å². The lowest BCUT2D eigenvalue weighted by molar-refractivity contribution is 0.146. The monoisotopic (exact) mass is 413 g/mol. The van der Waals surface area contributed by atoms with Gasteiger partial charge in [0, 0.05) is 39.1 Å². The first-order valence-electron chi connectivity index (χ1n) is 8.47.